The van der Waals surface area contributed by atoms with Gasteiger partial charge in [-0.1, -0.05) is 54.6 Å². The quantitative estimate of drug-likeness (QED) is 0.424. The van der Waals surface area contributed by atoms with E-state index in [4.69, 9.17) is 9.73 Å². The number of hydrogen-bond acceptors (Lipinski definition) is 4. The van der Waals surface area contributed by atoms with Crippen molar-refractivity contribution in [3.8, 4) is 11.1 Å². The van der Waals surface area contributed by atoms with Gasteiger partial charge in [0.2, 0.25) is 5.90 Å². The third-order valence-electron chi connectivity index (χ3n) is 7.81. The summed E-state index contributed by atoms with van der Waals surface area (Å²) in [6, 6.07) is 18.8. The SMILES string of the molecule is C1=CC=CNC=C1.CC1(C)COC(C2=c3c(ccc4c3=CC(C(=O)c3ccc(F)cc3)CC4)-c3ccccc3C2)=N1. The van der Waals surface area contributed by atoms with E-state index in [0.29, 0.717) is 12.2 Å². The number of nitrogens with one attached hydrogen (secondary N) is 1. The first-order chi connectivity index (χ1) is 19.9. The minimum atomic E-state index is -0.332. The molecule has 7 rings (SSSR count). The van der Waals surface area contributed by atoms with E-state index in [1.54, 1.807) is 12.1 Å². The number of Topliss-reactive ketones (excluding diaryl/α,β-unsaturated/α-hetero) is 1. The fraction of sp³-hybridized carbons (Fsp3) is 0.222. The van der Waals surface area contributed by atoms with E-state index < -0.39 is 0 Å². The first kappa shape index (κ1) is 26.7. The number of carbonyl (C=O) groups excluding carboxylic acids is 1. The van der Waals surface area contributed by atoms with E-state index in [2.05, 4.69) is 61.6 Å². The Morgan fingerprint density at radius 2 is 1.68 bits per heavy atom. The molecule has 2 heterocycles. The van der Waals surface area contributed by atoms with Crippen LogP contribution < -0.4 is 15.8 Å². The minimum Gasteiger partial charge on any atom is -0.475 e. The van der Waals surface area contributed by atoms with Crippen LogP contribution in [0.2, 0.25) is 0 Å². The molecule has 1 unspecified atom stereocenters. The molecule has 1 atom stereocenters. The Balaban J connectivity index is 0.000000380. The molecule has 0 amide bonds. The lowest BCUT2D eigenvalue weighted by Gasteiger charge is -2.24. The average Bonchev–Trinajstić information content (AvgIpc) is 3.16. The summed E-state index contributed by atoms with van der Waals surface area (Å²) in [4.78, 5) is 18.2. The van der Waals surface area contributed by atoms with Gasteiger partial charge in [0.1, 0.15) is 12.4 Å². The number of ketones is 1. The third kappa shape index (κ3) is 5.58. The second kappa shape index (κ2) is 11.2. The summed E-state index contributed by atoms with van der Waals surface area (Å²) in [5, 5.41) is 5.18. The van der Waals surface area contributed by atoms with Gasteiger partial charge in [-0.15, -0.1) is 0 Å². The topological polar surface area (TPSA) is 50.7 Å². The maximum absolute atomic E-state index is 13.4. The van der Waals surface area contributed by atoms with Gasteiger partial charge in [-0.05, 0) is 95.8 Å². The van der Waals surface area contributed by atoms with Crippen molar-refractivity contribution < 1.29 is 13.9 Å². The van der Waals surface area contributed by atoms with Gasteiger partial charge in [-0.25, -0.2) is 9.38 Å². The van der Waals surface area contributed by atoms with Gasteiger partial charge >= 0.3 is 0 Å². The van der Waals surface area contributed by atoms with Gasteiger partial charge in [0.25, 0.3) is 0 Å². The molecule has 206 valence electrons. The van der Waals surface area contributed by atoms with E-state index in [-0.39, 0.29) is 23.1 Å². The molecule has 0 spiro atoms. The summed E-state index contributed by atoms with van der Waals surface area (Å²) >= 11 is 0. The molecule has 0 saturated carbocycles. The zero-order valence-electron chi connectivity index (χ0n) is 23.4. The van der Waals surface area contributed by atoms with Crippen LogP contribution in [0, 0.1) is 11.7 Å². The summed E-state index contributed by atoms with van der Waals surface area (Å²) < 4.78 is 19.5. The largest absolute Gasteiger partial charge is 0.475 e. The highest BCUT2D eigenvalue weighted by Crippen LogP contribution is 2.31. The Kier molecular flexibility index (Phi) is 7.27. The predicted octanol–water partition coefficient (Wildman–Crippen LogP) is 5.81. The zero-order valence-corrected chi connectivity index (χ0v) is 23.4. The maximum atomic E-state index is 13.4. The third-order valence-corrected chi connectivity index (χ3v) is 7.81. The molecule has 0 fully saturated rings. The van der Waals surface area contributed by atoms with Crippen molar-refractivity contribution in [2.45, 2.75) is 38.6 Å². The van der Waals surface area contributed by atoms with Crippen LogP contribution in [0.25, 0.3) is 22.8 Å². The normalized spacial score (nSPS) is 19.1. The summed E-state index contributed by atoms with van der Waals surface area (Å²) in [6.07, 6.45) is 16.0. The number of hydrogen-bond donors (Lipinski definition) is 1. The Labute approximate surface area is 240 Å². The van der Waals surface area contributed by atoms with Crippen molar-refractivity contribution in [1.29, 1.82) is 0 Å². The monoisotopic (exact) mass is 544 g/mol. The first-order valence-corrected chi connectivity index (χ1v) is 14.1. The molecule has 0 radical (unpaired) electrons. The maximum Gasteiger partial charge on any atom is 0.213 e. The van der Waals surface area contributed by atoms with E-state index in [1.165, 1.54) is 28.8 Å². The van der Waals surface area contributed by atoms with E-state index in [1.807, 2.05) is 36.7 Å². The summed E-state index contributed by atoms with van der Waals surface area (Å²) in [5.74, 6) is 0.179. The van der Waals surface area contributed by atoms with Crippen molar-refractivity contribution in [2.75, 3.05) is 6.61 Å². The van der Waals surface area contributed by atoms with Gasteiger partial charge in [0.05, 0.1) is 5.54 Å². The minimum absolute atomic E-state index is 0.0385. The van der Waals surface area contributed by atoms with Crippen molar-refractivity contribution in [2.24, 2.45) is 10.9 Å². The Bertz CT molecular complexity index is 1730. The lowest BCUT2D eigenvalue weighted by Crippen LogP contribution is -2.40. The highest BCUT2D eigenvalue weighted by atomic mass is 19.1. The summed E-state index contributed by atoms with van der Waals surface area (Å²) in [6.45, 7) is 4.73. The van der Waals surface area contributed by atoms with Crippen molar-refractivity contribution in [3.05, 3.63) is 130 Å². The van der Waals surface area contributed by atoms with Gasteiger partial charge in [0.15, 0.2) is 5.78 Å². The molecule has 2 aliphatic heterocycles. The Morgan fingerprint density at radius 1 is 0.927 bits per heavy atom. The predicted molar refractivity (Wildman–Crippen MR) is 163 cm³/mol. The smallest absolute Gasteiger partial charge is 0.213 e. The van der Waals surface area contributed by atoms with Crippen LogP contribution in [-0.4, -0.2) is 23.8 Å². The number of rotatable bonds is 3. The fourth-order valence-electron chi connectivity index (χ4n) is 5.79. The van der Waals surface area contributed by atoms with Gasteiger partial charge in [0, 0.05) is 35.9 Å². The van der Waals surface area contributed by atoms with Crippen molar-refractivity contribution >= 4 is 23.3 Å². The lowest BCUT2D eigenvalue weighted by molar-refractivity contribution is 0.0946. The van der Waals surface area contributed by atoms with E-state index >= 15 is 0 Å². The van der Waals surface area contributed by atoms with Crippen molar-refractivity contribution in [1.82, 2.24) is 5.32 Å². The number of halogens is 1. The lowest BCUT2D eigenvalue weighted by atomic mass is 9.80. The second-order valence-electron chi connectivity index (χ2n) is 11.3. The van der Waals surface area contributed by atoms with Crippen LogP contribution in [-0.2, 0) is 17.6 Å². The molecule has 1 N–H and O–H groups in total. The van der Waals surface area contributed by atoms with Crippen LogP contribution in [0.1, 0.15) is 41.8 Å². The molecular formula is C36H33FN2O2. The molecular weight excluding hydrogens is 511 g/mol. The van der Waals surface area contributed by atoms with Gasteiger partial charge in [-0.3, -0.25) is 4.79 Å². The molecule has 2 aliphatic carbocycles. The average molecular weight is 545 g/mol. The van der Waals surface area contributed by atoms with Crippen LogP contribution >= 0.6 is 0 Å². The van der Waals surface area contributed by atoms with Crippen LogP contribution in [0.5, 0.6) is 0 Å². The van der Waals surface area contributed by atoms with E-state index in [9.17, 15) is 9.18 Å². The highest BCUT2D eigenvalue weighted by molar-refractivity contribution is 6.16. The molecule has 41 heavy (non-hydrogen) atoms. The van der Waals surface area contributed by atoms with E-state index in [0.717, 1.165) is 46.7 Å². The molecule has 0 aromatic heterocycles. The standard InChI is InChI=1S/C30H26FNO2.C6H7N/c1-30(2)17-34-29(32-30)26-15-20-5-3-4-6-23(20)24-14-11-18-7-8-21(16-25(18)27(24)26)28(33)19-9-12-22(31)13-10-19;1-2-4-6-7-5-3-1/h3-6,9-14,16,21H,7-8,15,17H2,1-2H3;1-7H. The highest BCUT2D eigenvalue weighted by Gasteiger charge is 2.31. The number of nitrogens with zero attached hydrogens (tertiary/aromatic N) is 1. The van der Waals surface area contributed by atoms with Crippen molar-refractivity contribution in [3.63, 3.8) is 0 Å². The number of aryl methyl sites for hydroxylation is 1. The fourth-order valence-corrected chi connectivity index (χ4v) is 5.79. The molecule has 3 aromatic carbocycles. The second-order valence-corrected chi connectivity index (χ2v) is 11.3. The van der Waals surface area contributed by atoms with Gasteiger partial charge in [-0.2, -0.15) is 0 Å². The zero-order chi connectivity index (χ0) is 28.4. The number of benzene rings is 3. The molecule has 3 aromatic rings. The van der Waals surface area contributed by atoms with Crippen LogP contribution in [0.3, 0.4) is 0 Å². The Hall–Kier alpha value is -4.51. The number of aliphatic imine (C=N–C) groups is 1. The first-order valence-electron chi connectivity index (χ1n) is 14.1. The molecule has 4 aliphatic rings. The molecule has 0 saturated heterocycles. The molecule has 5 heteroatoms. The number of ether oxygens (including phenoxy) is 1. The van der Waals surface area contributed by atoms with Gasteiger partial charge < -0.3 is 10.1 Å². The van der Waals surface area contributed by atoms with Crippen LogP contribution in [0.4, 0.5) is 4.39 Å². The molecule has 0 bridgehead atoms. The summed E-state index contributed by atoms with van der Waals surface area (Å²) in [7, 11) is 0. The van der Waals surface area contributed by atoms with Crippen LogP contribution in [0.15, 0.2) is 102 Å². The molecule has 4 nitrogen and oxygen atoms in total. The number of allylic oxidation sites excluding steroid dienone is 4. The summed E-state index contributed by atoms with van der Waals surface area (Å²) in [5.41, 5.74) is 6.30. The number of fused-ring (bicyclic) bond motifs is 5. The Morgan fingerprint density at radius 3 is 2.41 bits per heavy atom. The number of carbonyl (C=O) groups is 1.